The molecule has 0 saturated carbocycles. The summed E-state index contributed by atoms with van der Waals surface area (Å²) in [5.74, 6) is 0. The van der Waals surface area contributed by atoms with Crippen molar-refractivity contribution in [2.75, 3.05) is 0 Å². The first-order valence-electron chi connectivity index (χ1n) is 20.3. The maximum absolute atomic E-state index is 2.51. The van der Waals surface area contributed by atoms with Crippen LogP contribution in [0, 0.1) is 0 Å². The Hall–Kier alpha value is -6.28. The SMILES string of the molecule is CC/C=C1\C(=C/Cc2cccc(-c3c4ccccc4c(-c4cccc5ccccc45)c4ccccc34)c2)c2ccc3cc4c(cc3c2C1(C)C)sc1ccccc14. The molecule has 1 heterocycles. The summed E-state index contributed by atoms with van der Waals surface area (Å²) in [6.45, 7) is 7.13. The van der Waals surface area contributed by atoms with Gasteiger partial charge < -0.3 is 0 Å². The van der Waals surface area contributed by atoms with Gasteiger partial charge in [0.05, 0.1) is 0 Å². The molecule has 9 aromatic carbocycles. The van der Waals surface area contributed by atoms with Crippen molar-refractivity contribution in [2.24, 2.45) is 0 Å². The first-order chi connectivity index (χ1) is 28.0. The first-order valence-corrected chi connectivity index (χ1v) is 21.1. The zero-order valence-electron chi connectivity index (χ0n) is 32.6. The van der Waals surface area contributed by atoms with Crippen LogP contribution in [0.25, 0.3) is 91.1 Å². The molecule has 0 unspecified atom stereocenters. The van der Waals surface area contributed by atoms with E-state index in [1.807, 2.05) is 11.3 Å². The molecule has 1 aliphatic rings. The smallest absolute Gasteiger partial charge is 0.0361 e. The molecule has 1 aliphatic carbocycles. The van der Waals surface area contributed by atoms with E-state index in [1.54, 1.807) is 0 Å². The van der Waals surface area contributed by atoms with Gasteiger partial charge in [-0.3, -0.25) is 0 Å². The molecule has 0 spiro atoms. The second-order valence-corrected chi connectivity index (χ2v) is 17.3. The lowest BCUT2D eigenvalue weighted by atomic mass is 9.79. The van der Waals surface area contributed by atoms with Crippen LogP contribution in [-0.4, -0.2) is 0 Å². The van der Waals surface area contributed by atoms with Crippen molar-refractivity contribution in [3.05, 3.63) is 198 Å². The van der Waals surface area contributed by atoms with Gasteiger partial charge in [0.25, 0.3) is 0 Å². The summed E-state index contributed by atoms with van der Waals surface area (Å²) in [7, 11) is 0. The summed E-state index contributed by atoms with van der Waals surface area (Å²) in [4.78, 5) is 0. The predicted molar refractivity (Wildman–Crippen MR) is 250 cm³/mol. The first kappa shape index (κ1) is 34.0. The van der Waals surface area contributed by atoms with E-state index in [0.29, 0.717) is 0 Å². The van der Waals surface area contributed by atoms with Crippen molar-refractivity contribution in [1.29, 1.82) is 0 Å². The topological polar surface area (TPSA) is 0 Å². The Morgan fingerprint density at radius 2 is 1.12 bits per heavy atom. The molecule has 1 aromatic heterocycles. The summed E-state index contributed by atoms with van der Waals surface area (Å²) in [6.07, 6.45) is 6.85. The molecule has 0 aliphatic heterocycles. The van der Waals surface area contributed by atoms with Crippen molar-refractivity contribution in [3.8, 4) is 22.3 Å². The summed E-state index contributed by atoms with van der Waals surface area (Å²) < 4.78 is 2.73. The number of thiophene rings is 1. The lowest BCUT2D eigenvalue weighted by Crippen LogP contribution is -2.15. The van der Waals surface area contributed by atoms with Gasteiger partial charge in [0, 0.05) is 25.6 Å². The summed E-state index contributed by atoms with van der Waals surface area (Å²) in [6, 6.07) is 61.3. The standard InChI is InChI=1S/C56H42S/c1-4-15-50-40(47-31-29-37-33-49-41-21-11-12-27-51(41)57-52(49)34-48(37)55(47)56(50,2)3)30-28-35-16-13-19-38(32-35)53-43-22-7-9-24-45(43)54(46-25-10-8-23-44(46)53)42-26-14-18-36-17-5-6-20-39(36)42/h5-27,29-34H,4,28H2,1-3H3/b40-30-,50-15+. The quantitative estimate of drug-likeness (QED) is 0.154. The maximum atomic E-state index is 2.51. The molecule has 10 aromatic rings. The fourth-order valence-corrected chi connectivity index (χ4v) is 11.2. The minimum absolute atomic E-state index is 0.105. The van der Waals surface area contributed by atoms with E-state index in [2.05, 4.69) is 197 Å². The van der Waals surface area contributed by atoms with Gasteiger partial charge in [0.2, 0.25) is 0 Å². The fourth-order valence-electron chi connectivity index (χ4n) is 10.1. The number of hydrogen-bond acceptors (Lipinski definition) is 1. The van der Waals surface area contributed by atoms with Crippen LogP contribution in [0.5, 0.6) is 0 Å². The van der Waals surface area contributed by atoms with Crippen LogP contribution in [-0.2, 0) is 11.8 Å². The van der Waals surface area contributed by atoms with Gasteiger partial charge in [0.15, 0.2) is 0 Å². The Kier molecular flexibility index (Phi) is 7.85. The third kappa shape index (κ3) is 5.26. The highest BCUT2D eigenvalue weighted by atomic mass is 32.1. The highest BCUT2D eigenvalue weighted by Crippen LogP contribution is 2.53. The second kappa shape index (κ2) is 13.2. The van der Waals surface area contributed by atoms with Crippen LogP contribution in [0.3, 0.4) is 0 Å². The largest absolute Gasteiger partial charge is 0.135 e. The molecule has 0 amide bonds. The third-order valence-corrected chi connectivity index (χ3v) is 13.7. The van der Waals surface area contributed by atoms with Crippen LogP contribution < -0.4 is 0 Å². The molecule has 0 atom stereocenters. The van der Waals surface area contributed by atoms with Crippen LogP contribution >= 0.6 is 11.3 Å². The second-order valence-electron chi connectivity index (χ2n) is 16.2. The maximum Gasteiger partial charge on any atom is 0.0361 e. The molecule has 0 fully saturated rings. The number of benzene rings is 9. The zero-order chi connectivity index (χ0) is 38.3. The van der Waals surface area contributed by atoms with E-state index < -0.39 is 0 Å². The Balaban J connectivity index is 1.05. The molecule has 57 heavy (non-hydrogen) atoms. The average Bonchev–Trinajstić information content (AvgIpc) is 3.71. The van der Waals surface area contributed by atoms with E-state index in [-0.39, 0.29) is 5.41 Å². The molecule has 0 bridgehead atoms. The summed E-state index contributed by atoms with van der Waals surface area (Å²) in [5, 5.41) is 13.1. The highest BCUT2D eigenvalue weighted by Gasteiger charge is 2.39. The van der Waals surface area contributed by atoms with Gasteiger partial charge in [-0.25, -0.2) is 0 Å². The average molecular weight is 747 g/mol. The minimum atomic E-state index is -0.105. The van der Waals surface area contributed by atoms with Crippen molar-refractivity contribution in [3.63, 3.8) is 0 Å². The van der Waals surface area contributed by atoms with Gasteiger partial charge in [-0.15, -0.1) is 11.3 Å². The molecule has 0 nitrogen and oxygen atoms in total. The van der Waals surface area contributed by atoms with E-state index in [9.17, 15) is 0 Å². The van der Waals surface area contributed by atoms with E-state index in [0.717, 1.165) is 12.8 Å². The monoisotopic (exact) mass is 746 g/mol. The Morgan fingerprint density at radius 1 is 0.474 bits per heavy atom. The summed E-state index contributed by atoms with van der Waals surface area (Å²) >= 11 is 1.91. The number of rotatable bonds is 5. The minimum Gasteiger partial charge on any atom is -0.135 e. The van der Waals surface area contributed by atoms with Gasteiger partial charge in [-0.2, -0.15) is 0 Å². The van der Waals surface area contributed by atoms with Gasteiger partial charge in [-0.05, 0) is 124 Å². The molecule has 1 heteroatoms. The molecule has 0 N–H and O–H groups in total. The fraction of sp³-hybridized carbons (Fsp3) is 0.107. The van der Waals surface area contributed by atoms with E-state index in [4.69, 9.17) is 0 Å². The molecular weight excluding hydrogens is 705 g/mol. The highest BCUT2D eigenvalue weighted by molar-refractivity contribution is 7.25. The van der Waals surface area contributed by atoms with Crippen LogP contribution in [0.1, 0.15) is 43.9 Å². The van der Waals surface area contributed by atoms with Crippen LogP contribution in [0.4, 0.5) is 0 Å². The zero-order valence-corrected chi connectivity index (χ0v) is 33.4. The number of hydrogen-bond donors (Lipinski definition) is 0. The third-order valence-electron chi connectivity index (χ3n) is 12.6. The van der Waals surface area contributed by atoms with Crippen molar-refractivity contribution >= 4 is 80.2 Å². The van der Waals surface area contributed by atoms with Crippen molar-refractivity contribution < 1.29 is 0 Å². The van der Waals surface area contributed by atoms with Crippen molar-refractivity contribution in [2.45, 2.75) is 39.0 Å². The molecular formula is C56H42S. The Labute approximate surface area is 338 Å². The number of fused-ring (bicyclic) bond motifs is 9. The van der Waals surface area contributed by atoms with E-state index in [1.165, 1.54) is 113 Å². The van der Waals surface area contributed by atoms with Gasteiger partial charge >= 0.3 is 0 Å². The predicted octanol–water partition coefficient (Wildman–Crippen LogP) is 16.3. The van der Waals surface area contributed by atoms with Crippen LogP contribution in [0.2, 0.25) is 0 Å². The lowest BCUT2D eigenvalue weighted by molar-refractivity contribution is 0.663. The van der Waals surface area contributed by atoms with Gasteiger partial charge in [0.1, 0.15) is 0 Å². The number of allylic oxidation sites excluding steroid dienone is 4. The molecule has 0 saturated heterocycles. The normalized spacial score (nSPS) is 15.3. The van der Waals surface area contributed by atoms with E-state index >= 15 is 0 Å². The molecule has 11 rings (SSSR count). The molecule has 272 valence electrons. The van der Waals surface area contributed by atoms with Crippen molar-refractivity contribution in [1.82, 2.24) is 0 Å². The lowest BCUT2D eigenvalue weighted by Gasteiger charge is -2.23. The van der Waals surface area contributed by atoms with Gasteiger partial charge in [-0.1, -0.05) is 179 Å². The summed E-state index contributed by atoms with van der Waals surface area (Å²) in [5.41, 5.74) is 12.0. The Morgan fingerprint density at radius 3 is 1.88 bits per heavy atom. The van der Waals surface area contributed by atoms with Crippen LogP contribution in [0.15, 0.2) is 182 Å². The Bertz CT molecular complexity index is 3270. The molecule has 0 radical (unpaired) electrons.